The molecule has 1 aromatic carbocycles. The molecule has 0 fully saturated rings. The monoisotopic (exact) mass is 356 g/mol. The van der Waals surface area contributed by atoms with E-state index in [2.05, 4.69) is 38.5 Å². The van der Waals surface area contributed by atoms with Crippen molar-refractivity contribution in [2.24, 2.45) is 0 Å². The zero-order valence-electron chi connectivity index (χ0n) is 7.13. The fourth-order valence-electron chi connectivity index (χ4n) is 1.02. The summed E-state index contributed by atoms with van der Waals surface area (Å²) in [5.74, 6) is 0. The lowest BCUT2D eigenvalue weighted by atomic mass is 10.1. The van der Waals surface area contributed by atoms with Crippen molar-refractivity contribution in [2.75, 3.05) is 13.7 Å². The van der Waals surface area contributed by atoms with Gasteiger partial charge in [-0.05, 0) is 46.4 Å². The van der Waals surface area contributed by atoms with Gasteiger partial charge < -0.3 is 9.84 Å². The summed E-state index contributed by atoms with van der Waals surface area (Å²) in [4.78, 5) is 0. The lowest BCUT2D eigenvalue weighted by molar-refractivity contribution is 0.0639. The molecule has 0 heterocycles. The van der Waals surface area contributed by atoms with Gasteiger partial charge in [0.1, 0.15) is 6.10 Å². The highest BCUT2D eigenvalue weighted by atomic mass is 127. The van der Waals surface area contributed by atoms with E-state index in [9.17, 15) is 5.11 Å². The number of rotatable bonds is 3. The molecule has 0 aliphatic rings. The molecule has 0 saturated heterocycles. The van der Waals surface area contributed by atoms with Gasteiger partial charge >= 0.3 is 0 Å². The Morgan fingerprint density at radius 3 is 2.92 bits per heavy atom. The number of aliphatic hydroxyl groups is 1. The molecule has 0 radical (unpaired) electrons. The molecular formula is C9H10BrIO2. The number of ether oxygens (including phenoxy) is 1. The molecule has 0 aliphatic heterocycles. The Morgan fingerprint density at radius 1 is 1.62 bits per heavy atom. The van der Waals surface area contributed by atoms with Crippen LogP contribution in [0.4, 0.5) is 0 Å². The summed E-state index contributed by atoms with van der Waals surface area (Å²) in [6, 6.07) is 5.81. The van der Waals surface area contributed by atoms with E-state index in [1.165, 1.54) is 0 Å². The van der Waals surface area contributed by atoms with Crippen molar-refractivity contribution >= 4 is 38.5 Å². The number of methoxy groups -OCH3 is 1. The molecule has 0 spiro atoms. The van der Waals surface area contributed by atoms with Gasteiger partial charge in [0.25, 0.3) is 0 Å². The number of hydrogen-bond donors (Lipinski definition) is 1. The van der Waals surface area contributed by atoms with Crippen LogP contribution in [0, 0.1) is 3.57 Å². The first-order valence-electron chi connectivity index (χ1n) is 3.77. The molecule has 0 amide bonds. The van der Waals surface area contributed by atoms with Crippen molar-refractivity contribution in [1.29, 1.82) is 0 Å². The fourth-order valence-corrected chi connectivity index (χ4v) is 2.09. The minimum atomic E-state index is -0.547. The molecular weight excluding hydrogens is 347 g/mol. The molecule has 0 saturated carbocycles. The molecule has 1 N–H and O–H groups in total. The lowest BCUT2D eigenvalue weighted by Crippen LogP contribution is -2.06. The van der Waals surface area contributed by atoms with Crippen LogP contribution in [0.25, 0.3) is 0 Å². The number of hydrogen-bond acceptors (Lipinski definition) is 2. The summed E-state index contributed by atoms with van der Waals surface area (Å²) in [5, 5.41) is 9.68. The molecule has 1 unspecified atom stereocenters. The van der Waals surface area contributed by atoms with E-state index in [4.69, 9.17) is 4.74 Å². The molecule has 4 heteroatoms. The van der Waals surface area contributed by atoms with Gasteiger partial charge in [-0.3, -0.25) is 0 Å². The van der Waals surface area contributed by atoms with Gasteiger partial charge in [-0.1, -0.05) is 15.9 Å². The zero-order valence-corrected chi connectivity index (χ0v) is 10.9. The third kappa shape index (κ3) is 3.19. The Balaban J connectivity index is 2.91. The van der Waals surface area contributed by atoms with Crippen LogP contribution in [0.15, 0.2) is 22.7 Å². The van der Waals surface area contributed by atoms with E-state index in [0.717, 1.165) is 13.6 Å². The summed E-state index contributed by atoms with van der Waals surface area (Å²) < 4.78 is 6.90. The second-order valence-corrected chi connectivity index (χ2v) is 4.71. The standard InChI is InChI=1S/C9H10BrIO2/c1-13-5-9(12)7-4-6(10)2-3-8(7)11/h2-4,9,12H,5H2,1H3. The number of benzene rings is 1. The summed E-state index contributed by atoms with van der Waals surface area (Å²) in [6.45, 7) is 0.326. The SMILES string of the molecule is COCC(O)c1cc(Br)ccc1I. The summed E-state index contributed by atoms with van der Waals surface area (Å²) >= 11 is 5.56. The maximum Gasteiger partial charge on any atom is 0.103 e. The van der Waals surface area contributed by atoms with Crippen molar-refractivity contribution in [1.82, 2.24) is 0 Å². The smallest absolute Gasteiger partial charge is 0.103 e. The first-order valence-corrected chi connectivity index (χ1v) is 5.64. The summed E-state index contributed by atoms with van der Waals surface area (Å²) in [6.07, 6.45) is -0.547. The van der Waals surface area contributed by atoms with E-state index in [-0.39, 0.29) is 0 Å². The number of halogens is 2. The first-order chi connectivity index (χ1) is 6.15. The minimum Gasteiger partial charge on any atom is -0.386 e. The molecule has 0 bridgehead atoms. The highest BCUT2D eigenvalue weighted by Gasteiger charge is 2.10. The molecule has 72 valence electrons. The zero-order chi connectivity index (χ0) is 9.84. The van der Waals surface area contributed by atoms with Crippen LogP contribution < -0.4 is 0 Å². The molecule has 1 aromatic rings. The Kier molecular flexibility index (Phi) is 4.64. The molecule has 13 heavy (non-hydrogen) atoms. The van der Waals surface area contributed by atoms with Crippen molar-refractivity contribution < 1.29 is 9.84 Å². The third-order valence-corrected chi connectivity index (χ3v) is 3.12. The van der Waals surface area contributed by atoms with Gasteiger partial charge in [0.2, 0.25) is 0 Å². The largest absolute Gasteiger partial charge is 0.386 e. The summed E-state index contributed by atoms with van der Waals surface area (Å²) in [5.41, 5.74) is 0.900. The van der Waals surface area contributed by atoms with Crippen LogP contribution >= 0.6 is 38.5 Å². The van der Waals surface area contributed by atoms with E-state index in [0.29, 0.717) is 6.61 Å². The fraction of sp³-hybridized carbons (Fsp3) is 0.333. The molecule has 1 atom stereocenters. The Bertz CT molecular complexity index is 291. The van der Waals surface area contributed by atoms with Crippen molar-refractivity contribution in [2.45, 2.75) is 6.10 Å². The van der Waals surface area contributed by atoms with Gasteiger partial charge in [-0.15, -0.1) is 0 Å². The molecule has 0 aromatic heterocycles. The molecule has 1 rings (SSSR count). The molecule has 0 aliphatic carbocycles. The van der Waals surface area contributed by atoms with E-state index >= 15 is 0 Å². The molecule has 2 nitrogen and oxygen atoms in total. The number of aliphatic hydroxyl groups excluding tert-OH is 1. The van der Waals surface area contributed by atoms with Crippen LogP contribution in [0.5, 0.6) is 0 Å². The normalized spacial score (nSPS) is 12.9. The Labute approximate surface area is 99.6 Å². The quantitative estimate of drug-likeness (QED) is 0.844. The van der Waals surface area contributed by atoms with Crippen LogP contribution in [0.1, 0.15) is 11.7 Å². The van der Waals surface area contributed by atoms with Crippen LogP contribution in [0.3, 0.4) is 0 Å². The van der Waals surface area contributed by atoms with Gasteiger partial charge in [0, 0.05) is 15.2 Å². The average molecular weight is 357 g/mol. The average Bonchev–Trinajstić information content (AvgIpc) is 2.09. The minimum absolute atomic E-state index is 0.326. The van der Waals surface area contributed by atoms with Crippen molar-refractivity contribution in [3.63, 3.8) is 0 Å². The van der Waals surface area contributed by atoms with Gasteiger partial charge in [0.15, 0.2) is 0 Å². The summed E-state index contributed by atoms with van der Waals surface area (Å²) in [7, 11) is 1.58. The van der Waals surface area contributed by atoms with Crippen LogP contribution in [0.2, 0.25) is 0 Å². The topological polar surface area (TPSA) is 29.5 Å². The first kappa shape index (κ1) is 11.4. The predicted molar refractivity (Wildman–Crippen MR) is 63.7 cm³/mol. The van der Waals surface area contributed by atoms with Crippen LogP contribution in [-0.2, 0) is 4.74 Å². The second kappa shape index (κ2) is 5.29. The maximum absolute atomic E-state index is 9.68. The van der Waals surface area contributed by atoms with E-state index in [1.807, 2.05) is 18.2 Å². The van der Waals surface area contributed by atoms with Gasteiger partial charge in [-0.2, -0.15) is 0 Å². The third-order valence-electron chi connectivity index (χ3n) is 1.64. The highest BCUT2D eigenvalue weighted by Crippen LogP contribution is 2.24. The predicted octanol–water partition coefficient (Wildman–Crippen LogP) is 2.73. The van der Waals surface area contributed by atoms with Crippen molar-refractivity contribution in [3.05, 3.63) is 31.8 Å². The lowest BCUT2D eigenvalue weighted by Gasteiger charge is -2.11. The maximum atomic E-state index is 9.68. The second-order valence-electron chi connectivity index (χ2n) is 2.64. The van der Waals surface area contributed by atoms with Gasteiger partial charge in [0.05, 0.1) is 6.61 Å². The van der Waals surface area contributed by atoms with E-state index in [1.54, 1.807) is 7.11 Å². The van der Waals surface area contributed by atoms with Crippen LogP contribution in [-0.4, -0.2) is 18.8 Å². The Hall–Kier alpha value is 0.350. The van der Waals surface area contributed by atoms with E-state index < -0.39 is 6.10 Å². The highest BCUT2D eigenvalue weighted by molar-refractivity contribution is 14.1. The van der Waals surface area contributed by atoms with Gasteiger partial charge in [-0.25, -0.2) is 0 Å². The Morgan fingerprint density at radius 2 is 2.31 bits per heavy atom. The van der Waals surface area contributed by atoms with Crippen molar-refractivity contribution in [3.8, 4) is 0 Å².